The fraction of sp³-hybridized carbons (Fsp3) is 0.500. The van der Waals surface area contributed by atoms with E-state index in [1.807, 2.05) is 30.9 Å². The van der Waals surface area contributed by atoms with Gasteiger partial charge in [0.1, 0.15) is 6.17 Å². The molecule has 202 valence electrons. The van der Waals surface area contributed by atoms with Crippen molar-refractivity contribution in [3.63, 3.8) is 0 Å². The van der Waals surface area contributed by atoms with Gasteiger partial charge in [-0.3, -0.25) is 9.48 Å². The van der Waals surface area contributed by atoms with Crippen LogP contribution >= 0.6 is 0 Å². The standard InChI is InChI=1S/C28H36FN7O2/c1-18(2)38-23-16-35(17-23)27(37)7-6-20-4-5-21(12-19(20)3)25-8-11-31-28(34-25)33-22-13-32-36(15-22)26-9-10-30-14-24(26)29/h4-5,8,11-13,15,18,23-24,26,30H,6-7,9-10,14,16-17H2,1-3H3,(H,31,33,34)/t24-,26-/m0/s1. The first kappa shape index (κ1) is 26.2. The molecule has 0 radical (unpaired) electrons. The average molecular weight is 522 g/mol. The Morgan fingerprint density at radius 1 is 1.29 bits per heavy atom. The van der Waals surface area contributed by atoms with Crippen molar-refractivity contribution < 1.29 is 13.9 Å². The fourth-order valence-corrected chi connectivity index (χ4v) is 5.05. The number of benzene rings is 1. The zero-order chi connectivity index (χ0) is 26.6. The monoisotopic (exact) mass is 521 g/mol. The molecule has 38 heavy (non-hydrogen) atoms. The van der Waals surface area contributed by atoms with Crippen molar-refractivity contribution in [2.45, 2.75) is 64.5 Å². The van der Waals surface area contributed by atoms with Crippen LogP contribution in [0.2, 0.25) is 0 Å². The molecule has 5 rings (SSSR count). The minimum absolute atomic E-state index is 0.167. The normalized spacial score (nSPS) is 20.0. The highest BCUT2D eigenvalue weighted by atomic mass is 19.1. The van der Waals surface area contributed by atoms with Gasteiger partial charge in [0, 0.05) is 44.0 Å². The molecule has 10 heteroatoms. The first-order valence-corrected chi connectivity index (χ1v) is 13.4. The van der Waals surface area contributed by atoms with Crippen LogP contribution in [-0.2, 0) is 16.0 Å². The molecule has 0 unspecified atom stereocenters. The van der Waals surface area contributed by atoms with Gasteiger partial charge in [-0.2, -0.15) is 5.10 Å². The van der Waals surface area contributed by atoms with Crippen LogP contribution in [0.15, 0.2) is 42.9 Å². The number of halogens is 1. The summed E-state index contributed by atoms with van der Waals surface area (Å²) in [5.74, 6) is 0.625. The van der Waals surface area contributed by atoms with Crippen molar-refractivity contribution >= 4 is 17.5 Å². The number of carbonyl (C=O) groups is 1. The third kappa shape index (κ3) is 6.19. The van der Waals surface area contributed by atoms with Crippen molar-refractivity contribution in [1.29, 1.82) is 0 Å². The van der Waals surface area contributed by atoms with Crippen LogP contribution in [0.1, 0.15) is 43.9 Å². The first-order chi connectivity index (χ1) is 18.4. The number of likely N-dealkylation sites (tertiary alicyclic amines) is 1. The van der Waals surface area contributed by atoms with E-state index >= 15 is 0 Å². The van der Waals surface area contributed by atoms with Crippen molar-refractivity contribution in [3.8, 4) is 11.3 Å². The molecule has 2 aliphatic heterocycles. The Kier molecular flexibility index (Phi) is 7.99. The molecule has 2 atom stereocenters. The van der Waals surface area contributed by atoms with Crippen LogP contribution in [0.3, 0.4) is 0 Å². The van der Waals surface area contributed by atoms with E-state index < -0.39 is 6.17 Å². The largest absolute Gasteiger partial charge is 0.372 e. The van der Waals surface area contributed by atoms with E-state index in [-0.39, 0.29) is 24.2 Å². The van der Waals surface area contributed by atoms with E-state index in [4.69, 9.17) is 4.74 Å². The maximum absolute atomic E-state index is 14.3. The number of rotatable bonds is 9. The van der Waals surface area contributed by atoms with Crippen molar-refractivity contribution in [2.75, 3.05) is 31.5 Å². The van der Waals surface area contributed by atoms with Crippen LogP contribution in [0.25, 0.3) is 11.3 Å². The Labute approximate surface area is 222 Å². The molecule has 0 bridgehead atoms. The number of anilines is 2. The Morgan fingerprint density at radius 2 is 2.13 bits per heavy atom. The summed E-state index contributed by atoms with van der Waals surface area (Å²) in [6.07, 6.45) is 6.47. The van der Waals surface area contributed by atoms with Crippen molar-refractivity contribution in [1.82, 2.24) is 30.0 Å². The highest BCUT2D eigenvalue weighted by Crippen LogP contribution is 2.26. The lowest BCUT2D eigenvalue weighted by Crippen LogP contribution is -2.55. The van der Waals surface area contributed by atoms with E-state index in [2.05, 4.69) is 44.8 Å². The summed E-state index contributed by atoms with van der Waals surface area (Å²) in [5.41, 5.74) is 4.76. The first-order valence-electron chi connectivity index (χ1n) is 13.4. The number of amides is 1. The lowest BCUT2D eigenvalue weighted by Gasteiger charge is -2.40. The summed E-state index contributed by atoms with van der Waals surface area (Å²) in [5, 5.41) is 10.6. The molecule has 1 aromatic carbocycles. The zero-order valence-electron chi connectivity index (χ0n) is 22.2. The summed E-state index contributed by atoms with van der Waals surface area (Å²) in [4.78, 5) is 23.4. The lowest BCUT2D eigenvalue weighted by molar-refractivity contribution is -0.148. The molecule has 2 aromatic heterocycles. The van der Waals surface area contributed by atoms with Crippen LogP contribution in [0, 0.1) is 6.92 Å². The molecule has 2 fully saturated rings. The van der Waals surface area contributed by atoms with E-state index in [9.17, 15) is 9.18 Å². The van der Waals surface area contributed by atoms with Gasteiger partial charge >= 0.3 is 0 Å². The molecule has 2 N–H and O–H groups in total. The second-order valence-electron chi connectivity index (χ2n) is 10.4. The third-order valence-corrected chi connectivity index (χ3v) is 7.14. The number of hydrogen-bond acceptors (Lipinski definition) is 7. The van der Waals surface area contributed by atoms with Gasteiger partial charge in [0.25, 0.3) is 0 Å². The topological polar surface area (TPSA) is 97.2 Å². The van der Waals surface area contributed by atoms with Crippen LogP contribution in [0.4, 0.5) is 16.0 Å². The Hall–Kier alpha value is -3.37. The summed E-state index contributed by atoms with van der Waals surface area (Å²) < 4.78 is 21.7. The molecule has 4 heterocycles. The van der Waals surface area contributed by atoms with Crippen molar-refractivity contribution in [3.05, 3.63) is 54.0 Å². The van der Waals surface area contributed by atoms with Crippen molar-refractivity contribution in [2.24, 2.45) is 0 Å². The molecular weight excluding hydrogens is 485 g/mol. The lowest BCUT2D eigenvalue weighted by atomic mass is 9.99. The smallest absolute Gasteiger partial charge is 0.227 e. The minimum Gasteiger partial charge on any atom is -0.372 e. The molecule has 1 amide bonds. The van der Waals surface area contributed by atoms with E-state index in [1.165, 1.54) is 0 Å². The average Bonchev–Trinajstić information content (AvgIpc) is 3.33. The molecular formula is C28H36FN7O2. The molecule has 0 saturated carbocycles. The maximum Gasteiger partial charge on any atom is 0.227 e. The molecule has 2 aliphatic rings. The summed E-state index contributed by atoms with van der Waals surface area (Å²) in [6.45, 7) is 8.60. The molecule has 3 aromatic rings. The second kappa shape index (κ2) is 11.6. The maximum atomic E-state index is 14.3. The number of aryl methyl sites for hydroxylation is 2. The molecule has 0 spiro atoms. The van der Waals surface area contributed by atoms with Gasteiger partial charge in [0.15, 0.2) is 0 Å². The quantitative estimate of drug-likeness (QED) is 0.442. The highest BCUT2D eigenvalue weighted by molar-refractivity contribution is 5.77. The van der Waals surface area contributed by atoms with Gasteiger partial charge in [0.05, 0.1) is 35.8 Å². The van der Waals surface area contributed by atoms with Crippen LogP contribution < -0.4 is 10.6 Å². The van der Waals surface area contributed by atoms with Gasteiger partial charge in [-0.15, -0.1) is 0 Å². The predicted octanol–water partition coefficient (Wildman–Crippen LogP) is 3.83. The number of aromatic nitrogens is 4. The van der Waals surface area contributed by atoms with Crippen LogP contribution in [-0.4, -0.2) is 75.1 Å². The summed E-state index contributed by atoms with van der Waals surface area (Å²) >= 11 is 0. The van der Waals surface area contributed by atoms with Gasteiger partial charge < -0.3 is 20.3 Å². The number of hydrogen-bond donors (Lipinski definition) is 2. The van der Waals surface area contributed by atoms with Gasteiger partial charge in [-0.1, -0.05) is 12.1 Å². The van der Waals surface area contributed by atoms with E-state index in [1.54, 1.807) is 23.3 Å². The fourth-order valence-electron chi connectivity index (χ4n) is 5.05. The highest BCUT2D eigenvalue weighted by Gasteiger charge is 2.31. The SMILES string of the molecule is Cc1cc(-c2ccnc(Nc3cnn([C@H]4CCNC[C@@H]4F)c3)n2)ccc1CCC(=O)N1CC(OC(C)C)C1. The van der Waals surface area contributed by atoms with E-state index in [0.717, 1.165) is 28.9 Å². The third-order valence-electron chi connectivity index (χ3n) is 7.14. The van der Waals surface area contributed by atoms with Gasteiger partial charge in [-0.25, -0.2) is 14.4 Å². The Balaban J connectivity index is 1.18. The van der Waals surface area contributed by atoms with Crippen LogP contribution in [0.5, 0.6) is 0 Å². The van der Waals surface area contributed by atoms with Gasteiger partial charge in [-0.05, 0) is 63.4 Å². The van der Waals surface area contributed by atoms with E-state index in [0.29, 0.717) is 50.5 Å². The number of carbonyl (C=O) groups excluding carboxylic acids is 1. The Bertz CT molecular complexity index is 1260. The predicted molar refractivity (Wildman–Crippen MR) is 144 cm³/mol. The minimum atomic E-state index is -0.965. The van der Waals surface area contributed by atoms with Gasteiger partial charge in [0.2, 0.25) is 11.9 Å². The number of nitrogens with zero attached hydrogens (tertiary/aromatic N) is 5. The molecule has 9 nitrogen and oxygen atoms in total. The zero-order valence-corrected chi connectivity index (χ0v) is 22.2. The summed E-state index contributed by atoms with van der Waals surface area (Å²) in [6, 6.07) is 7.81. The Morgan fingerprint density at radius 3 is 2.89 bits per heavy atom. The molecule has 0 aliphatic carbocycles. The number of ether oxygens (including phenoxy) is 1. The number of alkyl halides is 1. The number of nitrogens with one attached hydrogen (secondary N) is 2. The molecule has 2 saturated heterocycles. The summed E-state index contributed by atoms with van der Waals surface area (Å²) in [7, 11) is 0. The second-order valence-corrected chi connectivity index (χ2v) is 10.4. The number of piperidine rings is 1.